The van der Waals surface area contributed by atoms with Crippen LogP contribution in [-0.2, 0) is 0 Å². The van der Waals surface area contributed by atoms with E-state index >= 15 is 0 Å². The second-order valence-electron chi connectivity index (χ2n) is 4.99. The molecule has 0 saturated carbocycles. The number of hydrogen-bond donors (Lipinski definition) is 1. The fourth-order valence-corrected chi connectivity index (χ4v) is 2.71. The summed E-state index contributed by atoms with van der Waals surface area (Å²) in [6.45, 7) is 4.00. The number of allylic oxidation sites excluding steroid dienone is 1. The standard InChI is InChI=1S/C18H11NO2.C2H6/c20-17-12-6-2-3-7-13(12)18(21)16(17)15-10-9-11-5-1-4-8-14(11)19-15;1-2/h1-10,20H;1-2H3. The third-order valence-corrected chi connectivity index (χ3v) is 3.75. The Bertz CT molecular complexity index is 926. The number of carbonyl (C=O) groups excluding carboxylic acids is 1. The third-order valence-electron chi connectivity index (χ3n) is 3.75. The van der Waals surface area contributed by atoms with E-state index in [2.05, 4.69) is 4.98 Å². The van der Waals surface area contributed by atoms with Crippen LogP contribution >= 0.6 is 0 Å². The van der Waals surface area contributed by atoms with Gasteiger partial charge in [0.1, 0.15) is 5.76 Å². The normalized spacial score (nSPS) is 12.9. The Labute approximate surface area is 134 Å². The Morgan fingerprint density at radius 3 is 2.22 bits per heavy atom. The van der Waals surface area contributed by atoms with E-state index in [0.29, 0.717) is 16.8 Å². The summed E-state index contributed by atoms with van der Waals surface area (Å²) in [5.74, 6) is -0.163. The van der Waals surface area contributed by atoms with Crippen LogP contribution in [0, 0.1) is 0 Å². The van der Waals surface area contributed by atoms with E-state index < -0.39 is 0 Å². The van der Waals surface area contributed by atoms with Crippen LogP contribution in [0.4, 0.5) is 0 Å². The Balaban J connectivity index is 0.000000753. The quantitative estimate of drug-likeness (QED) is 0.696. The van der Waals surface area contributed by atoms with Crippen LogP contribution in [0.25, 0.3) is 22.2 Å². The molecule has 0 atom stereocenters. The Hall–Kier alpha value is -2.94. The fraction of sp³-hybridized carbons (Fsp3) is 0.100. The van der Waals surface area contributed by atoms with Crippen molar-refractivity contribution in [2.24, 2.45) is 0 Å². The molecular formula is C20H17NO2. The minimum Gasteiger partial charge on any atom is -0.506 e. The van der Waals surface area contributed by atoms with Gasteiger partial charge in [-0.2, -0.15) is 0 Å². The van der Waals surface area contributed by atoms with Gasteiger partial charge in [-0.3, -0.25) is 4.79 Å². The lowest BCUT2D eigenvalue weighted by molar-refractivity contribution is 0.105. The Morgan fingerprint density at radius 1 is 0.826 bits per heavy atom. The molecular weight excluding hydrogens is 286 g/mol. The van der Waals surface area contributed by atoms with Crippen molar-refractivity contribution in [1.82, 2.24) is 4.98 Å². The van der Waals surface area contributed by atoms with Crippen molar-refractivity contribution in [3.8, 4) is 0 Å². The summed E-state index contributed by atoms with van der Waals surface area (Å²) >= 11 is 0. The molecule has 114 valence electrons. The molecule has 0 fully saturated rings. The monoisotopic (exact) mass is 303 g/mol. The molecule has 3 nitrogen and oxygen atoms in total. The summed E-state index contributed by atoms with van der Waals surface area (Å²) < 4.78 is 0. The molecule has 0 unspecified atom stereocenters. The predicted octanol–water partition coefficient (Wildman–Crippen LogP) is 4.88. The van der Waals surface area contributed by atoms with Crippen LogP contribution in [0.5, 0.6) is 0 Å². The first kappa shape index (κ1) is 15.0. The number of carbonyl (C=O) groups is 1. The number of nitrogens with zero attached hydrogens (tertiary/aromatic N) is 1. The smallest absolute Gasteiger partial charge is 0.199 e. The van der Waals surface area contributed by atoms with Gasteiger partial charge in [0.2, 0.25) is 0 Å². The first-order valence-electron chi connectivity index (χ1n) is 7.69. The van der Waals surface area contributed by atoms with E-state index in [0.717, 1.165) is 10.9 Å². The number of aliphatic hydroxyl groups is 1. The molecule has 1 aromatic heterocycles. The average Bonchev–Trinajstić information content (AvgIpc) is 2.88. The van der Waals surface area contributed by atoms with Gasteiger partial charge < -0.3 is 5.11 Å². The molecule has 3 heteroatoms. The van der Waals surface area contributed by atoms with E-state index in [1.54, 1.807) is 30.3 Å². The lowest BCUT2D eigenvalue weighted by atomic mass is 10.1. The molecule has 1 aliphatic rings. The molecule has 0 spiro atoms. The van der Waals surface area contributed by atoms with E-state index in [9.17, 15) is 9.90 Å². The number of benzene rings is 2. The molecule has 1 N–H and O–H groups in total. The van der Waals surface area contributed by atoms with Crippen molar-refractivity contribution in [3.05, 3.63) is 77.5 Å². The van der Waals surface area contributed by atoms with Crippen molar-refractivity contribution < 1.29 is 9.90 Å². The topological polar surface area (TPSA) is 50.2 Å². The van der Waals surface area contributed by atoms with Crippen molar-refractivity contribution in [1.29, 1.82) is 0 Å². The number of aliphatic hydroxyl groups excluding tert-OH is 1. The summed E-state index contributed by atoms with van der Waals surface area (Å²) in [4.78, 5) is 17.0. The van der Waals surface area contributed by atoms with Crippen molar-refractivity contribution in [3.63, 3.8) is 0 Å². The maximum Gasteiger partial charge on any atom is 0.199 e. The van der Waals surface area contributed by atoms with E-state index in [1.165, 1.54) is 0 Å². The van der Waals surface area contributed by atoms with E-state index in [4.69, 9.17) is 0 Å². The largest absolute Gasteiger partial charge is 0.506 e. The molecule has 2 aromatic carbocycles. The minimum absolute atomic E-state index is 0.0124. The van der Waals surface area contributed by atoms with Gasteiger partial charge in [0, 0.05) is 16.5 Å². The first-order chi connectivity index (χ1) is 11.3. The first-order valence-corrected chi connectivity index (χ1v) is 7.69. The number of hydrogen-bond acceptors (Lipinski definition) is 3. The van der Waals surface area contributed by atoms with Gasteiger partial charge in [-0.15, -0.1) is 0 Å². The summed E-state index contributed by atoms with van der Waals surface area (Å²) in [7, 11) is 0. The average molecular weight is 303 g/mol. The molecule has 0 bridgehead atoms. The number of rotatable bonds is 1. The highest BCUT2D eigenvalue weighted by molar-refractivity contribution is 6.38. The second kappa shape index (κ2) is 6.05. The maximum atomic E-state index is 12.5. The van der Waals surface area contributed by atoms with E-state index in [-0.39, 0.29) is 17.1 Å². The van der Waals surface area contributed by atoms with Crippen LogP contribution in [0.15, 0.2) is 60.7 Å². The highest BCUT2D eigenvalue weighted by Crippen LogP contribution is 2.36. The zero-order valence-corrected chi connectivity index (χ0v) is 13.1. The predicted molar refractivity (Wildman–Crippen MR) is 93.3 cm³/mol. The van der Waals surface area contributed by atoms with Crippen molar-refractivity contribution in [2.45, 2.75) is 13.8 Å². The molecule has 0 aliphatic heterocycles. The second-order valence-corrected chi connectivity index (χ2v) is 4.99. The molecule has 0 amide bonds. The summed E-state index contributed by atoms with van der Waals surface area (Å²) in [6.07, 6.45) is 0. The van der Waals surface area contributed by atoms with Gasteiger partial charge in [0.05, 0.1) is 16.8 Å². The fourth-order valence-electron chi connectivity index (χ4n) is 2.71. The van der Waals surface area contributed by atoms with Crippen LogP contribution in [0.3, 0.4) is 0 Å². The highest BCUT2D eigenvalue weighted by atomic mass is 16.3. The Morgan fingerprint density at radius 2 is 1.48 bits per heavy atom. The summed E-state index contributed by atoms with van der Waals surface area (Å²) in [6, 6.07) is 18.5. The van der Waals surface area contributed by atoms with E-state index in [1.807, 2.05) is 44.2 Å². The Kier molecular flexibility index (Phi) is 3.94. The maximum absolute atomic E-state index is 12.5. The summed E-state index contributed by atoms with van der Waals surface area (Å²) in [5.41, 5.74) is 2.70. The van der Waals surface area contributed by atoms with Crippen molar-refractivity contribution >= 4 is 28.0 Å². The van der Waals surface area contributed by atoms with Gasteiger partial charge in [0.25, 0.3) is 0 Å². The van der Waals surface area contributed by atoms with Crippen LogP contribution in [0.2, 0.25) is 0 Å². The van der Waals surface area contributed by atoms with Gasteiger partial charge in [-0.1, -0.05) is 62.4 Å². The van der Waals surface area contributed by atoms with Gasteiger partial charge >= 0.3 is 0 Å². The van der Waals surface area contributed by atoms with Crippen LogP contribution in [-0.4, -0.2) is 15.9 Å². The molecule has 3 aromatic rings. The van der Waals surface area contributed by atoms with Crippen LogP contribution < -0.4 is 0 Å². The third kappa shape index (κ3) is 2.40. The van der Waals surface area contributed by atoms with Gasteiger partial charge in [-0.05, 0) is 12.1 Å². The zero-order valence-electron chi connectivity index (χ0n) is 13.1. The minimum atomic E-state index is -0.175. The zero-order chi connectivity index (χ0) is 16.4. The number of ketones is 1. The molecule has 0 saturated heterocycles. The highest BCUT2D eigenvalue weighted by Gasteiger charge is 2.31. The number of fused-ring (bicyclic) bond motifs is 2. The SMILES string of the molecule is CC.O=C1C(c2ccc3ccccc3n2)=C(O)c2ccccc21. The van der Waals surface area contributed by atoms with Crippen molar-refractivity contribution in [2.75, 3.05) is 0 Å². The lowest BCUT2D eigenvalue weighted by Crippen LogP contribution is -2.00. The van der Waals surface area contributed by atoms with Gasteiger partial charge in [0.15, 0.2) is 5.78 Å². The molecule has 23 heavy (non-hydrogen) atoms. The number of Topliss-reactive ketones (excluding diaryl/α,β-unsaturated/α-hetero) is 1. The molecule has 1 heterocycles. The number of pyridine rings is 1. The molecule has 1 aliphatic carbocycles. The molecule has 4 rings (SSSR count). The van der Waals surface area contributed by atoms with Crippen LogP contribution in [0.1, 0.15) is 35.5 Å². The molecule has 0 radical (unpaired) electrons. The van der Waals surface area contributed by atoms with Gasteiger partial charge in [-0.25, -0.2) is 4.98 Å². The summed E-state index contributed by atoms with van der Waals surface area (Å²) in [5, 5.41) is 11.4. The number of para-hydroxylation sites is 1. The lowest BCUT2D eigenvalue weighted by Gasteiger charge is -2.03. The number of aromatic nitrogens is 1.